The minimum atomic E-state index is -0.521. The Morgan fingerprint density at radius 1 is 1.27 bits per heavy atom. The number of nitrogens with one attached hydrogen (secondary N) is 1. The smallest absolute Gasteiger partial charge is 0.251 e. The number of ether oxygens (including phenoxy) is 1. The van der Waals surface area contributed by atoms with Crippen molar-refractivity contribution < 1.29 is 9.53 Å². The molecule has 8 heteroatoms. The summed E-state index contributed by atoms with van der Waals surface area (Å²) < 4.78 is 8.59. The van der Waals surface area contributed by atoms with Crippen LogP contribution in [0, 0.1) is 0 Å². The van der Waals surface area contributed by atoms with E-state index in [-0.39, 0.29) is 5.91 Å². The van der Waals surface area contributed by atoms with Crippen molar-refractivity contribution in [1.29, 1.82) is 0 Å². The van der Waals surface area contributed by atoms with E-state index in [4.69, 9.17) is 4.74 Å². The number of hydrogen-bond donors (Lipinski definition) is 1. The van der Waals surface area contributed by atoms with E-state index in [9.17, 15) is 4.79 Å². The molecule has 2 aliphatic heterocycles. The summed E-state index contributed by atoms with van der Waals surface area (Å²) in [6.07, 6.45) is 8.41. The van der Waals surface area contributed by atoms with Gasteiger partial charge in [-0.15, -0.1) is 11.3 Å². The number of likely N-dealkylation sites (tertiary alicyclic amines) is 1. The molecule has 0 saturated carbocycles. The summed E-state index contributed by atoms with van der Waals surface area (Å²) in [5.41, 5.74) is 0.478. The molecule has 1 N–H and O–H groups in total. The molecule has 5 heterocycles. The first kappa shape index (κ1) is 19.4. The zero-order valence-electron chi connectivity index (χ0n) is 16.7. The molecule has 1 spiro atoms. The van der Waals surface area contributed by atoms with Gasteiger partial charge in [-0.05, 0) is 35.9 Å². The van der Waals surface area contributed by atoms with Crippen LogP contribution < -0.4 is 5.32 Å². The van der Waals surface area contributed by atoms with Crippen LogP contribution in [0.4, 0.5) is 0 Å². The molecule has 0 aliphatic carbocycles. The molecule has 1 saturated heterocycles. The molecule has 1 atom stereocenters. The Kier molecular flexibility index (Phi) is 5.37. The SMILES string of the molecule is O=C(NCc1cccnc1)[C@@H]1Cn2ccnc2C2(CCN(Cc3cccs3)CC2)O1. The number of nitrogens with zero attached hydrogens (tertiary/aromatic N) is 4. The highest BCUT2D eigenvalue weighted by Gasteiger charge is 2.47. The van der Waals surface area contributed by atoms with Gasteiger partial charge in [0.05, 0.1) is 6.54 Å². The van der Waals surface area contributed by atoms with Gasteiger partial charge in [-0.25, -0.2) is 4.98 Å². The quantitative estimate of drug-likeness (QED) is 0.683. The van der Waals surface area contributed by atoms with Crippen molar-refractivity contribution in [1.82, 2.24) is 24.8 Å². The Morgan fingerprint density at radius 2 is 2.17 bits per heavy atom. The number of pyridine rings is 1. The van der Waals surface area contributed by atoms with E-state index in [1.54, 1.807) is 23.7 Å². The number of aromatic nitrogens is 3. The topological polar surface area (TPSA) is 72.3 Å². The number of carbonyl (C=O) groups is 1. The van der Waals surface area contributed by atoms with Crippen LogP contribution in [0.1, 0.15) is 29.1 Å². The van der Waals surface area contributed by atoms with E-state index in [1.807, 2.05) is 24.5 Å². The van der Waals surface area contributed by atoms with Gasteiger partial charge in [0.15, 0.2) is 6.10 Å². The van der Waals surface area contributed by atoms with Crippen LogP contribution in [0.15, 0.2) is 54.4 Å². The van der Waals surface area contributed by atoms with E-state index in [0.717, 1.165) is 43.9 Å². The summed E-state index contributed by atoms with van der Waals surface area (Å²) in [5, 5.41) is 5.13. The summed E-state index contributed by atoms with van der Waals surface area (Å²) in [6, 6.07) is 8.10. The molecule has 0 unspecified atom stereocenters. The predicted octanol–water partition coefficient (Wildman–Crippen LogP) is 2.55. The Bertz CT molecular complexity index is 980. The molecule has 5 rings (SSSR count). The summed E-state index contributed by atoms with van der Waals surface area (Å²) >= 11 is 1.79. The van der Waals surface area contributed by atoms with E-state index in [0.29, 0.717) is 13.1 Å². The lowest BCUT2D eigenvalue weighted by atomic mass is 9.88. The molecule has 156 valence electrons. The van der Waals surface area contributed by atoms with Crippen molar-refractivity contribution in [2.75, 3.05) is 13.1 Å². The van der Waals surface area contributed by atoms with Gasteiger partial charge in [0.1, 0.15) is 11.4 Å². The maximum Gasteiger partial charge on any atom is 0.251 e. The van der Waals surface area contributed by atoms with Gasteiger partial charge in [0, 0.05) is 55.8 Å². The molecule has 0 bridgehead atoms. The number of fused-ring (bicyclic) bond motifs is 2. The van der Waals surface area contributed by atoms with Gasteiger partial charge >= 0.3 is 0 Å². The maximum atomic E-state index is 12.9. The number of hydrogen-bond acceptors (Lipinski definition) is 6. The minimum Gasteiger partial charge on any atom is -0.352 e. The predicted molar refractivity (Wildman–Crippen MR) is 114 cm³/mol. The number of carbonyl (C=O) groups excluding carboxylic acids is 1. The van der Waals surface area contributed by atoms with Crippen LogP contribution in [0.25, 0.3) is 0 Å². The lowest BCUT2D eigenvalue weighted by Crippen LogP contribution is -2.53. The fourth-order valence-electron chi connectivity index (χ4n) is 4.38. The monoisotopic (exact) mass is 423 g/mol. The summed E-state index contributed by atoms with van der Waals surface area (Å²) in [7, 11) is 0. The van der Waals surface area contributed by atoms with Crippen LogP contribution in [-0.2, 0) is 34.8 Å². The maximum absolute atomic E-state index is 12.9. The second-order valence-corrected chi connectivity index (χ2v) is 8.97. The van der Waals surface area contributed by atoms with E-state index >= 15 is 0 Å². The molecule has 1 amide bonds. The minimum absolute atomic E-state index is 0.0846. The van der Waals surface area contributed by atoms with Crippen molar-refractivity contribution in [3.63, 3.8) is 0 Å². The largest absolute Gasteiger partial charge is 0.352 e. The van der Waals surface area contributed by atoms with E-state index < -0.39 is 11.7 Å². The average molecular weight is 424 g/mol. The molecule has 1 fully saturated rings. The van der Waals surface area contributed by atoms with Crippen molar-refractivity contribution in [3.8, 4) is 0 Å². The van der Waals surface area contributed by atoms with E-state index in [1.165, 1.54) is 4.88 Å². The van der Waals surface area contributed by atoms with Gasteiger partial charge in [-0.2, -0.15) is 0 Å². The first-order valence-electron chi connectivity index (χ1n) is 10.3. The summed E-state index contributed by atoms with van der Waals surface area (Å²) in [5.74, 6) is 0.869. The molecule has 3 aromatic rings. The van der Waals surface area contributed by atoms with Gasteiger partial charge in [-0.1, -0.05) is 12.1 Å². The van der Waals surface area contributed by atoms with Gasteiger partial charge in [0.25, 0.3) is 5.91 Å². The molecule has 0 aromatic carbocycles. The van der Waals surface area contributed by atoms with Crippen LogP contribution in [0.3, 0.4) is 0 Å². The molecular weight excluding hydrogens is 398 g/mol. The van der Waals surface area contributed by atoms with Crippen LogP contribution in [0.2, 0.25) is 0 Å². The highest BCUT2D eigenvalue weighted by molar-refractivity contribution is 7.09. The summed E-state index contributed by atoms with van der Waals surface area (Å²) in [6.45, 7) is 3.76. The Balaban J connectivity index is 1.27. The third-order valence-corrected chi connectivity index (χ3v) is 6.82. The van der Waals surface area contributed by atoms with Gasteiger partial charge in [-0.3, -0.25) is 14.7 Å². The van der Waals surface area contributed by atoms with Crippen molar-refractivity contribution in [3.05, 3.63) is 70.7 Å². The van der Waals surface area contributed by atoms with Crippen LogP contribution in [0.5, 0.6) is 0 Å². The van der Waals surface area contributed by atoms with Crippen LogP contribution in [-0.4, -0.2) is 44.5 Å². The molecular formula is C22H25N5O2S. The second kappa shape index (κ2) is 8.29. The standard InChI is InChI=1S/C22H25N5O2S/c28-20(25-14-17-3-1-7-23-13-17)19-16-27-11-8-24-21(27)22(29-19)5-9-26(10-6-22)15-18-4-2-12-30-18/h1-4,7-8,11-13,19H,5-6,9-10,14-16H2,(H,25,28)/t19-/m0/s1. The molecule has 7 nitrogen and oxygen atoms in total. The highest BCUT2D eigenvalue weighted by atomic mass is 32.1. The Hall–Kier alpha value is -2.55. The van der Waals surface area contributed by atoms with Crippen molar-refractivity contribution >= 4 is 17.2 Å². The number of piperidine rings is 1. The lowest BCUT2D eigenvalue weighted by Gasteiger charge is -2.45. The Morgan fingerprint density at radius 3 is 2.93 bits per heavy atom. The number of amides is 1. The normalized spacial score (nSPS) is 20.7. The van der Waals surface area contributed by atoms with Gasteiger partial charge < -0.3 is 14.6 Å². The van der Waals surface area contributed by atoms with Crippen molar-refractivity contribution in [2.45, 2.75) is 44.2 Å². The number of imidazole rings is 1. The third-order valence-electron chi connectivity index (χ3n) is 5.96. The fourth-order valence-corrected chi connectivity index (χ4v) is 5.12. The number of thiophene rings is 1. The molecule has 30 heavy (non-hydrogen) atoms. The zero-order chi connectivity index (χ0) is 20.4. The zero-order valence-corrected chi connectivity index (χ0v) is 17.6. The molecule has 0 radical (unpaired) electrons. The first-order chi connectivity index (χ1) is 14.7. The molecule has 2 aliphatic rings. The highest BCUT2D eigenvalue weighted by Crippen LogP contribution is 2.40. The van der Waals surface area contributed by atoms with Gasteiger partial charge in [0.2, 0.25) is 0 Å². The summed E-state index contributed by atoms with van der Waals surface area (Å²) in [4.78, 5) is 25.4. The van der Waals surface area contributed by atoms with Crippen molar-refractivity contribution in [2.24, 2.45) is 0 Å². The van der Waals surface area contributed by atoms with E-state index in [2.05, 4.69) is 42.3 Å². The fraction of sp³-hybridized carbons (Fsp3) is 0.409. The third kappa shape index (κ3) is 3.90. The Labute approximate surface area is 179 Å². The lowest BCUT2D eigenvalue weighted by molar-refractivity contribution is -0.174. The first-order valence-corrected chi connectivity index (χ1v) is 11.2. The number of rotatable bonds is 5. The molecule has 3 aromatic heterocycles. The van der Waals surface area contributed by atoms with Crippen LogP contribution >= 0.6 is 11.3 Å². The second-order valence-electron chi connectivity index (χ2n) is 7.94. The average Bonchev–Trinajstić information content (AvgIpc) is 3.47.